The van der Waals surface area contributed by atoms with Crippen LogP contribution in [0.3, 0.4) is 0 Å². The van der Waals surface area contributed by atoms with E-state index in [0.717, 1.165) is 0 Å². The van der Waals surface area contributed by atoms with Gasteiger partial charge in [-0.2, -0.15) is 5.10 Å². The van der Waals surface area contributed by atoms with Crippen molar-refractivity contribution in [3.63, 3.8) is 0 Å². The van der Waals surface area contributed by atoms with Crippen molar-refractivity contribution >= 4 is 11.6 Å². The molecule has 0 aliphatic heterocycles. The number of hydrogen-bond donors (Lipinski definition) is 1. The Morgan fingerprint density at radius 3 is 2.78 bits per heavy atom. The number of amides is 1. The summed E-state index contributed by atoms with van der Waals surface area (Å²) in [7, 11) is 0. The van der Waals surface area contributed by atoms with Crippen LogP contribution in [-0.4, -0.2) is 27.2 Å². The molecule has 0 aliphatic carbocycles. The van der Waals surface area contributed by atoms with Crippen molar-refractivity contribution in [2.75, 3.05) is 6.54 Å². The average Bonchev–Trinajstić information content (AvgIpc) is 2.65. The standard InChI is InChI=1S/C11H18N4O3/c1-8(2)6-12-11(16)4-5-14-7-10(15(17)18)9(3)13-14/h7-8H,4-6H2,1-3H3,(H,12,16). The zero-order valence-electron chi connectivity index (χ0n) is 10.8. The van der Waals surface area contributed by atoms with Crippen molar-refractivity contribution in [1.29, 1.82) is 0 Å². The first-order chi connectivity index (χ1) is 8.40. The summed E-state index contributed by atoms with van der Waals surface area (Å²) in [5.41, 5.74) is 0.347. The minimum absolute atomic E-state index is 0.0161. The lowest BCUT2D eigenvalue weighted by Gasteiger charge is -2.07. The normalized spacial score (nSPS) is 10.7. The van der Waals surface area contributed by atoms with Gasteiger partial charge in [-0.05, 0) is 12.8 Å². The van der Waals surface area contributed by atoms with Gasteiger partial charge in [0.1, 0.15) is 11.9 Å². The molecular formula is C11H18N4O3. The van der Waals surface area contributed by atoms with E-state index in [4.69, 9.17) is 0 Å². The molecule has 0 aromatic carbocycles. The van der Waals surface area contributed by atoms with Gasteiger partial charge >= 0.3 is 5.69 Å². The molecule has 0 saturated carbocycles. The highest BCUT2D eigenvalue weighted by atomic mass is 16.6. The molecule has 18 heavy (non-hydrogen) atoms. The van der Waals surface area contributed by atoms with Gasteiger partial charge in [0.25, 0.3) is 0 Å². The highest BCUT2D eigenvalue weighted by molar-refractivity contribution is 5.75. The first-order valence-electron chi connectivity index (χ1n) is 5.85. The second kappa shape index (κ2) is 6.13. The van der Waals surface area contributed by atoms with Gasteiger partial charge < -0.3 is 5.32 Å². The van der Waals surface area contributed by atoms with Crippen molar-refractivity contribution in [3.05, 3.63) is 22.0 Å². The SMILES string of the molecule is Cc1nn(CCC(=O)NCC(C)C)cc1[N+](=O)[O-]. The topological polar surface area (TPSA) is 90.1 Å². The van der Waals surface area contributed by atoms with Crippen LogP contribution in [0.1, 0.15) is 26.0 Å². The van der Waals surface area contributed by atoms with Crippen LogP contribution in [0.5, 0.6) is 0 Å². The van der Waals surface area contributed by atoms with Crippen LogP contribution in [0.15, 0.2) is 6.20 Å². The van der Waals surface area contributed by atoms with Crippen molar-refractivity contribution < 1.29 is 9.72 Å². The first-order valence-corrected chi connectivity index (χ1v) is 5.85. The molecular weight excluding hydrogens is 236 g/mol. The summed E-state index contributed by atoms with van der Waals surface area (Å²) in [6, 6.07) is 0. The van der Waals surface area contributed by atoms with Crippen LogP contribution in [0.2, 0.25) is 0 Å². The Hall–Kier alpha value is -1.92. The van der Waals surface area contributed by atoms with Crippen LogP contribution in [0, 0.1) is 23.0 Å². The van der Waals surface area contributed by atoms with Crippen LogP contribution in [0.25, 0.3) is 0 Å². The molecule has 0 saturated heterocycles. The zero-order valence-corrected chi connectivity index (χ0v) is 10.8. The number of carbonyl (C=O) groups excluding carboxylic acids is 1. The molecule has 0 atom stereocenters. The number of nitrogens with zero attached hydrogens (tertiary/aromatic N) is 3. The molecule has 1 amide bonds. The largest absolute Gasteiger partial charge is 0.356 e. The van der Waals surface area contributed by atoms with Crippen LogP contribution < -0.4 is 5.32 Å². The average molecular weight is 254 g/mol. The van der Waals surface area contributed by atoms with Crippen LogP contribution >= 0.6 is 0 Å². The number of nitrogens with one attached hydrogen (secondary N) is 1. The van der Waals surface area contributed by atoms with E-state index in [1.807, 2.05) is 13.8 Å². The number of hydrogen-bond acceptors (Lipinski definition) is 4. The Bertz CT molecular complexity index is 439. The maximum Gasteiger partial charge on any atom is 0.309 e. The van der Waals surface area contributed by atoms with Crippen molar-refractivity contribution in [3.8, 4) is 0 Å². The van der Waals surface area contributed by atoms with E-state index in [2.05, 4.69) is 10.4 Å². The molecule has 0 spiro atoms. The molecule has 0 radical (unpaired) electrons. The second-order valence-electron chi connectivity index (χ2n) is 4.57. The van der Waals surface area contributed by atoms with Crippen LogP contribution in [0.4, 0.5) is 5.69 Å². The quantitative estimate of drug-likeness (QED) is 0.611. The van der Waals surface area contributed by atoms with Gasteiger partial charge in [0, 0.05) is 19.5 Å². The van der Waals surface area contributed by atoms with E-state index in [0.29, 0.717) is 24.7 Å². The highest BCUT2D eigenvalue weighted by Gasteiger charge is 2.15. The van der Waals surface area contributed by atoms with Gasteiger partial charge in [-0.25, -0.2) is 0 Å². The minimum atomic E-state index is -0.475. The molecule has 1 N–H and O–H groups in total. The molecule has 1 rings (SSSR count). The van der Waals surface area contributed by atoms with Gasteiger partial charge in [-0.1, -0.05) is 13.8 Å². The smallest absolute Gasteiger partial charge is 0.309 e. The molecule has 1 heterocycles. The molecule has 0 bridgehead atoms. The Kier molecular flexibility index (Phi) is 4.82. The molecule has 100 valence electrons. The third-order valence-electron chi connectivity index (χ3n) is 2.39. The third-order valence-corrected chi connectivity index (χ3v) is 2.39. The lowest BCUT2D eigenvalue weighted by molar-refractivity contribution is -0.385. The van der Waals surface area contributed by atoms with Crippen molar-refractivity contribution in [2.45, 2.75) is 33.7 Å². The van der Waals surface area contributed by atoms with Gasteiger partial charge in [0.05, 0.1) is 4.92 Å². The monoisotopic (exact) mass is 254 g/mol. The summed E-state index contributed by atoms with van der Waals surface area (Å²) in [6.07, 6.45) is 1.62. The molecule has 7 nitrogen and oxygen atoms in total. The Morgan fingerprint density at radius 1 is 1.61 bits per heavy atom. The van der Waals surface area contributed by atoms with E-state index in [9.17, 15) is 14.9 Å². The fourth-order valence-electron chi connectivity index (χ4n) is 1.42. The fraction of sp³-hybridized carbons (Fsp3) is 0.636. The van der Waals surface area contributed by atoms with Gasteiger partial charge in [0.15, 0.2) is 0 Å². The summed E-state index contributed by atoms with van der Waals surface area (Å²) in [5, 5.41) is 17.4. The highest BCUT2D eigenvalue weighted by Crippen LogP contribution is 2.14. The lowest BCUT2D eigenvalue weighted by atomic mass is 10.2. The summed E-state index contributed by atoms with van der Waals surface area (Å²) in [4.78, 5) is 21.6. The Balaban J connectivity index is 2.46. The van der Waals surface area contributed by atoms with E-state index >= 15 is 0 Å². The van der Waals surface area contributed by atoms with E-state index in [1.165, 1.54) is 10.9 Å². The van der Waals surface area contributed by atoms with Crippen molar-refractivity contribution in [1.82, 2.24) is 15.1 Å². The molecule has 1 aromatic heterocycles. The molecule has 0 fully saturated rings. The summed E-state index contributed by atoms with van der Waals surface area (Å²) >= 11 is 0. The molecule has 0 aliphatic rings. The van der Waals surface area contributed by atoms with Gasteiger partial charge in [0.2, 0.25) is 5.91 Å². The zero-order chi connectivity index (χ0) is 13.7. The minimum Gasteiger partial charge on any atom is -0.356 e. The predicted octanol–water partition coefficient (Wildman–Crippen LogP) is 1.26. The first kappa shape index (κ1) is 14.1. The predicted molar refractivity (Wildman–Crippen MR) is 66.1 cm³/mol. The molecule has 7 heteroatoms. The van der Waals surface area contributed by atoms with Crippen molar-refractivity contribution in [2.24, 2.45) is 5.92 Å². The van der Waals surface area contributed by atoms with Gasteiger partial charge in [-0.3, -0.25) is 19.6 Å². The van der Waals surface area contributed by atoms with E-state index < -0.39 is 4.92 Å². The van der Waals surface area contributed by atoms with Gasteiger partial charge in [-0.15, -0.1) is 0 Å². The summed E-state index contributed by atoms with van der Waals surface area (Å²) in [6.45, 7) is 6.59. The maximum atomic E-state index is 11.5. The Morgan fingerprint density at radius 2 is 2.28 bits per heavy atom. The number of aryl methyl sites for hydroxylation is 2. The van der Waals surface area contributed by atoms with E-state index in [1.54, 1.807) is 6.92 Å². The fourth-order valence-corrected chi connectivity index (χ4v) is 1.42. The number of nitro groups is 1. The maximum absolute atomic E-state index is 11.5. The third kappa shape index (κ3) is 4.15. The van der Waals surface area contributed by atoms with Crippen LogP contribution in [-0.2, 0) is 11.3 Å². The number of aromatic nitrogens is 2. The number of rotatable bonds is 6. The molecule has 0 unspecified atom stereocenters. The molecule has 1 aromatic rings. The second-order valence-corrected chi connectivity index (χ2v) is 4.57. The summed E-state index contributed by atoms with van der Waals surface area (Å²) in [5.74, 6) is 0.335. The lowest BCUT2D eigenvalue weighted by Crippen LogP contribution is -2.28. The Labute approximate surface area is 105 Å². The number of carbonyl (C=O) groups is 1. The van der Waals surface area contributed by atoms with E-state index in [-0.39, 0.29) is 18.0 Å². The summed E-state index contributed by atoms with van der Waals surface area (Å²) < 4.78 is 1.43.